The van der Waals surface area contributed by atoms with Crippen LogP contribution in [0.15, 0.2) is 47.5 Å². The monoisotopic (exact) mass is 527 g/mol. The van der Waals surface area contributed by atoms with E-state index in [-0.39, 0.29) is 24.0 Å². The van der Waals surface area contributed by atoms with Gasteiger partial charge in [0.05, 0.1) is 27.9 Å². The van der Waals surface area contributed by atoms with E-state index in [2.05, 4.69) is 21.7 Å². The zero-order chi connectivity index (χ0) is 21.1. The third kappa shape index (κ3) is 7.40. The summed E-state index contributed by atoms with van der Waals surface area (Å²) in [6, 6.07) is 13.3. The van der Waals surface area contributed by atoms with E-state index in [0.717, 1.165) is 29.8 Å². The molecular weight excluding hydrogens is 497 g/mol. The van der Waals surface area contributed by atoms with Crippen LogP contribution in [0.2, 0.25) is 0 Å². The van der Waals surface area contributed by atoms with Crippen LogP contribution >= 0.6 is 24.0 Å². The van der Waals surface area contributed by atoms with E-state index in [1.54, 1.807) is 19.2 Å². The van der Waals surface area contributed by atoms with Gasteiger partial charge in [-0.05, 0) is 42.7 Å². The van der Waals surface area contributed by atoms with Crippen molar-refractivity contribution >= 4 is 35.9 Å². The molecule has 0 fully saturated rings. The van der Waals surface area contributed by atoms with Crippen molar-refractivity contribution in [2.24, 2.45) is 4.99 Å². The molecule has 2 rings (SSSR count). The maximum Gasteiger partial charge on any atom is 0.341 e. The number of methoxy groups -OCH3 is 3. The maximum atomic E-state index is 11.9. The molecule has 2 aromatic carbocycles. The largest absolute Gasteiger partial charge is 0.496 e. The van der Waals surface area contributed by atoms with Gasteiger partial charge in [-0.2, -0.15) is 0 Å². The smallest absolute Gasteiger partial charge is 0.341 e. The van der Waals surface area contributed by atoms with Gasteiger partial charge in [0.2, 0.25) is 0 Å². The summed E-state index contributed by atoms with van der Waals surface area (Å²) in [6.45, 7) is 3.89. The Labute approximate surface area is 195 Å². The molecule has 0 radical (unpaired) electrons. The second kappa shape index (κ2) is 13.7. The van der Waals surface area contributed by atoms with Gasteiger partial charge >= 0.3 is 5.97 Å². The fourth-order valence-corrected chi connectivity index (χ4v) is 2.86. The highest BCUT2D eigenvalue weighted by Gasteiger charge is 2.13. The van der Waals surface area contributed by atoms with E-state index in [9.17, 15) is 4.79 Å². The molecule has 0 saturated heterocycles. The van der Waals surface area contributed by atoms with Crippen LogP contribution in [0.4, 0.5) is 0 Å². The lowest BCUT2D eigenvalue weighted by atomic mass is 10.1. The number of aliphatic imine (C=N–C) groups is 1. The molecular formula is C22H30IN3O4. The van der Waals surface area contributed by atoms with Gasteiger partial charge < -0.3 is 24.8 Å². The molecule has 30 heavy (non-hydrogen) atoms. The number of nitrogens with zero attached hydrogens (tertiary/aromatic N) is 1. The number of carbonyl (C=O) groups excluding carboxylic acids is 1. The number of para-hydroxylation sites is 1. The fraction of sp³-hybridized carbons (Fsp3) is 0.364. The van der Waals surface area contributed by atoms with Gasteiger partial charge in [0.25, 0.3) is 0 Å². The molecule has 0 unspecified atom stereocenters. The number of guanidine groups is 1. The summed E-state index contributed by atoms with van der Waals surface area (Å²) in [5, 5.41) is 6.56. The highest BCUT2D eigenvalue weighted by atomic mass is 127. The molecule has 0 heterocycles. The number of hydrogen-bond donors (Lipinski definition) is 2. The first-order valence-corrected chi connectivity index (χ1v) is 9.52. The number of esters is 1. The van der Waals surface area contributed by atoms with Crippen molar-refractivity contribution in [2.45, 2.75) is 19.9 Å². The van der Waals surface area contributed by atoms with Crippen LogP contribution in [0.1, 0.15) is 28.4 Å². The van der Waals surface area contributed by atoms with Crippen LogP contribution in [0.3, 0.4) is 0 Å². The molecule has 0 aromatic heterocycles. The minimum absolute atomic E-state index is 0. The van der Waals surface area contributed by atoms with Gasteiger partial charge in [-0.25, -0.2) is 9.79 Å². The SMILES string of the molecule is CCNC(=NCc1ccc(OC)c(C(=O)OC)c1)NCCc1ccccc1OC.I. The van der Waals surface area contributed by atoms with Crippen LogP contribution < -0.4 is 20.1 Å². The van der Waals surface area contributed by atoms with Gasteiger partial charge in [-0.3, -0.25) is 0 Å². The van der Waals surface area contributed by atoms with Crippen molar-refractivity contribution in [2.75, 3.05) is 34.4 Å². The molecule has 0 aliphatic carbocycles. The Balaban J connectivity index is 0.00000450. The van der Waals surface area contributed by atoms with E-state index in [4.69, 9.17) is 14.2 Å². The third-order valence-corrected chi connectivity index (χ3v) is 4.31. The molecule has 0 saturated carbocycles. The first-order valence-electron chi connectivity index (χ1n) is 9.52. The summed E-state index contributed by atoms with van der Waals surface area (Å²) in [4.78, 5) is 16.6. The lowest BCUT2D eigenvalue weighted by molar-refractivity contribution is 0.0597. The molecule has 164 valence electrons. The number of hydrogen-bond acceptors (Lipinski definition) is 5. The lowest BCUT2D eigenvalue weighted by Crippen LogP contribution is -2.38. The maximum absolute atomic E-state index is 11.9. The molecule has 0 amide bonds. The molecule has 0 aliphatic heterocycles. The predicted octanol–water partition coefficient (Wildman–Crippen LogP) is 3.41. The standard InChI is InChI=1S/C22H29N3O4.HI/c1-5-23-22(24-13-12-17-8-6-7-9-19(17)27-2)25-15-16-10-11-20(28-3)18(14-16)21(26)29-4;/h6-11,14H,5,12-13,15H2,1-4H3,(H2,23,24,25);1H. The summed E-state index contributed by atoms with van der Waals surface area (Å²) in [6.07, 6.45) is 0.809. The Kier molecular flexibility index (Phi) is 11.7. The molecule has 0 spiro atoms. The number of rotatable bonds is 9. The van der Waals surface area contributed by atoms with Crippen molar-refractivity contribution < 1.29 is 19.0 Å². The van der Waals surface area contributed by atoms with Crippen LogP contribution in [0, 0.1) is 0 Å². The van der Waals surface area contributed by atoms with Crippen molar-refractivity contribution in [1.82, 2.24) is 10.6 Å². The number of halogens is 1. The highest BCUT2D eigenvalue weighted by Crippen LogP contribution is 2.21. The van der Waals surface area contributed by atoms with Crippen molar-refractivity contribution in [3.63, 3.8) is 0 Å². The molecule has 2 N–H and O–H groups in total. The highest BCUT2D eigenvalue weighted by molar-refractivity contribution is 14.0. The summed E-state index contributed by atoms with van der Waals surface area (Å²) in [5.74, 6) is 1.63. The van der Waals surface area contributed by atoms with Gasteiger partial charge in [-0.15, -0.1) is 24.0 Å². The number of benzene rings is 2. The molecule has 2 aromatic rings. The zero-order valence-corrected chi connectivity index (χ0v) is 20.2. The summed E-state index contributed by atoms with van der Waals surface area (Å²) in [7, 11) is 4.55. The molecule has 0 aliphatic rings. The summed E-state index contributed by atoms with van der Waals surface area (Å²) >= 11 is 0. The van der Waals surface area contributed by atoms with E-state index in [0.29, 0.717) is 30.4 Å². The average Bonchev–Trinajstić information content (AvgIpc) is 2.77. The molecule has 0 atom stereocenters. The van der Waals surface area contributed by atoms with Crippen LogP contribution in [-0.2, 0) is 17.7 Å². The van der Waals surface area contributed by atoms with Gasteiger partial charge in [-0.1, -0.05) is 24.3 Å². The predicted molar refractivity (Wildman–Crippen MR) is 129 cm³/mol. The zero-order valence-electron chi connectivity index (χ0n) is 17.9. The van der Waals surface area contributed by atoms with E-state index < -0.39 is 5.97 Å². The van der Waals surface area contributed by atoms with Crippen molar-refractivity contribution in [3.8, 4) is 11.5 Å². The minimum Gasteiger partial charge on any atom is -0.496 e. The fourth-order valence-electron chi connectivity index (χ4n) is 2.86. The number of carbonyl (C=O) groups is 1. The third-order valence-electron chi connectivity index (χ3n) is 4.31. The van der Waals surface area contributed by atoms with Gasteiger partial charge in [0, 0.05) is 13.1 Å². The second-order valence-electron chi connectivity index (χ2n) is 6.21. The Bertz CT molecular complexity index is 843. The minimum atomic E-state index is -0.436. The first-order chi connectivity index (χ1) is 14.1. The second-order valence-corrected chi connectivity index (χ2v) is 6.21. The Morgan fingerprint density at radius 1 is 1.00 bits per heavy atom. The van der Waals surface area contributed by atoms with Crippen molar-refractivity contribution in [1.29, 1.82) is 0 Å². The Hall–Kier alpha value is -2.49. The van der Waals surface area contributed by atoms with Crippen molar-refractivity contribution in [3.05, 3.63) is 59.2 Å². The van der Waals surface area contributed by atoms with Gasteiger partial charge in [0.1, 0.15) is 17.1 Å². The molecule has 7 nitrogen and oxygen atoms in total. The quantitative estimate of drug-likeness (QED) is 0.225. The molecule has 8 heteroatoms. The van der Waals surface area contributed by atoms with Crippen LogP contribution in [-0.4, -0.2) is 46.3 Å². The average molecular weight is 527 g/mol. The number of ether oxygens (including phenoxy) is 3. The van der Waals surface area contributed by atoms with E-state index >= 15 is 0 Å². The van der Waals surface area contributed by atoms with Gasteiger partial charge in [0.15, 0.2) is 5.96 Å². The first kappa shape index (κ1) is 25.5. The van der Waals surface area contributed by atoms with Crippen LogP contribution in [0.25, 0.3) is 0 Å². The Morgan fingerprint density at radius 2 is 1.73 bits per heavy atom. The summed E-state index contributed by atoms with van der Waals surface area (Å²) in [5.41, 5.74) is 2.40. The van der Waals surface area contributed by atoms with Crippen LogP contribution in [0.5, 0.6) is 11.5 Å². The van der Waals surface area contributed by atoms with E-state index in [1.165, 1.54) is 14.2 Å². The lowest BCUT2D eigenvalue weighted by Gasteiger charge is -2.13. The number of nitrogens with one attached hydrogen (secondary N) is 2. The van der Waals surface area contributed by atoms with E-state index in [1.807, 2.05) is 31.2 Å². The normalized spacial score (nSPS) is 10.6. The topological polar surface area (TPSA) is 81.2 Å². The summed E-state index contributed by atoms with van der Waals surface area (Å²) < 4.78 is 15.4. The molecule has 0 bridgehead atoms. The Morgan fingerprint density at radius 3 is 2.40 bits per heavy atom.